The van der Waals surface area contributed by atoms with Gasteiger partial charge >= 0.3 is 0 Å². The van der Waals surface area contributed by atoms with Crippen LogP contribution in [-0.4, -0.2) is 12.2 Å². The molecule has 4 heteroatoms. The molecule has 20 heavy (non-hydrogen) atoms. The van der Waals surface area contributed by atoms with Gasteiger partial charge in [0, 0.05) is 0 Å². The van der Waals surface area contributed by atoms with Crippen LogP contribution < -0.4 is 0 Å². The molecule has 0 aromatic heterocycles. The van der Waals surface area contributed by atoms with Crippen molar-refractivity contribution in [1.29, 1.82) is 10.8 Å². The predicted octanol–water partition coefficient (Wildman–Crippen LogP) is 2.99. The molecule has 0 saturated heterocycles. The Morgan fingerprint density at radius 3 is 1.85 bits per heavy atom. The quantitative estimate of drug-likeness (QED) is 0.484. The Bertz CT molecular complexity index is 862. The highest BCUT2D eigenvalue weighted by Gasteiger charge is 2.04. The van der Waals surface area contributed by atoms with Crippen molar-refractivity contribution < 1.29 is 9.59 Å². The summed E-state index contributed by atoms with van der Waals surface area (Å²) in [7, 11) is 0. The molecule has 0 heterocycles. The Morgan fingerprint density at radius 2 is 1.30 bits per heavy atom. The van der Waals surface area contributed by atoms with Crippen LogP contribution in [0, 0.1) is 45.5 Å². The molecule has 100 valence electrons. The molecule has 1 aliphatic carbocycles. The fraction of sp³-hybridized carbons (Fsp3) is 0.125. The lowest BCUT2D eigenvalue weighted by molar-refractivity contribution is 0.562. The summed E-state index contributed by atoms with van der Waals surface area (Å²) >= 11 is 0. The molecule has 0 bridgehead atoms. The largest absolute Gasteiger partial charge is 0.231 e. The van der Waals surface area contributed by atoms with Crippen molar-refractivity contribution in [2.24, 2.45) is 0 Å². The van der Waals surface area contributed by atoms with Gasteiger partial charge in [-0.1, -0.05) is 36.4 Å². The van der Waals surface area contributed by atoms with E-state index >= 15 is 0 Å². The summed E-state index contributed by atoms with van der Waals surface area (Å²) < 4.78 is 0. The molecule has 2 N–H and O–H groups in total. The number of hydrogen-bond donors (Lipinski definition) is 2. The van der Waals surface area contributed by atoms with E-state index < -0.39 is 0 Å². The molecule has 4 nitrogen and oxygen atoms in total. The van der Waals surface area contributed by atoms with Crippen LogP contribution in [0.15, 0.2) is 36.4 Å². The second-order valence-corrected chi connectivity index (χ2v) is 4.18. The van der Waals surface area contributed by atoms with Crippen LogP contribution in [0.25, 0.3) is 0 Å². The van der Waals surface area contributed by atoms with Gasteiger partial charge in [0.2, 0.25) is 12.2 Å². The number of fused-ring (bicyclic) bond motifs is 2. The monoisotopic (exact) mass is 266 g/mol. The van der Waals surface area contributed by atoms with E-state index in [9.17, 15) is 0 Å². The molecule has 2 aromatic carbocycles. The summed E-state index contributed by atoms with van der Waals surface area (Å²) in [4.78, 5) is 16.7. The van der Waals surface area contributed by atoms with Gasteiger partial charge in [0.15, 0.2) is 0 Å². The zero-order chi connectivity index (χ0) is 15.1. The average molecular weight is 266 g/mol. The van der Waals surface area contributed by atoms with Crippen LogP contribution in [0.4, 0.5) is 0 Å². The fourth-order valence-corrected chi connectivity index (χ4v) is 2.26. The Kier molecular flexibility index (Phi) is 5.31. The molecule has 0 unspecified atom stereocenters. The first kappa shape index (κ1) is 15.3. The standard InChI is InChI=1S/C14H12.2CHNO/c1-9-7-8-13-11-5-3-4-6-12(11)14(13)10(9)2;2*2-1-3/h3-8H,1-2H3;2*2H. The molecule has 3 rings (SSSR count). The van der Waals surface area contributed by atoms with Crippen LogP contribution >= 0.6 is 0 Å². The molecule has 0 saturated carbocycles. The van der Waals surface area contributed by atoms with Gasteiger partial charge < -0.3 is 0 Å². The van der Waals surface area contributed by atoms with Gasteiger partial charge in [0.05, 0.1) is 0 Å². The second-order valence-electron chi connectivity index (χ2n) is 4.18. The SMILES string of the molecule is Cc1ccc2c(c1C)=c1ccccc1=2.N=C=O.N=C=O. The lowest BCUT2D eigenvalue weighted by atomic mass is 9.95. The van der Waals surface area contributed by atoms with Crippen molar-refractivity contribution in [2.75, 3.05) is 0 Å². The maximum Gasteiger partial charge on any atom is 0.231 e. The number of aryl methyl sites for hydroxylation is 1. The van der Waals surface area contributed by atoms with Gasteiger partial charge in [-0.05, 0) is 45.8 Å². The van der Waals surface area contributed by atoms with E-state index in [2.05, 4.69) is 50.2 Å². The number of isocyanates is 2. The molecule has 1 aliphatic rings. The average Bonchev–Trinajstić information content (AvgIpc) is 2.40. The minimum atomic E-state index is 0.750. The van der Waals surface area contributed by atoms with E-state index in [4.69, 9.17) is 20.4 Å². The second kappa shape index (κ2) is 6.95. The number of rotatable bonds is 0. The summed E-state index contributed by atoms with van der Waals surface area (Å²) in [6, 6.07) is 13.1. The van der Waals surface area contributed by atoms with Crippen molar-refractivity contribution in [1.82, 2.24) is 0 Å². The van der Waals surface area contributed by atoms with E-state index in [0.29, 0.717) is 0 Å². The first-order chi connectivity index (χ1) is 9.62. The van der Waals surface area contributed by atoms with E-state index in [1.807, 2.05) is 0 Å². The normalized spacial score (nSPS) is 8.90. The summed E-state index contributed by atoms with van der Waals surface area (Å²) in [5.74, 6) is 0. The van der Waals surface area contributed by atoms with Gasteiger partial charge in [-0.3, -0.25) is 0 Å². The first-order valence-electron chi connectivity index (χ1n) is 5.90. The Labute approximate surface area is 115 Å². The molecule has 0 spiro atoms. The Balaban J connectivity index is 0.000000290. The van der Waals surface area contributed by atoms with Gasteiger partial charge in [-0.15, -0.1) is 0 Å². The smallest absolute Gasteiger partial charge is 0.222 e. The third-order valence-corrected chi connectivity index (χ3v) is 3.22. The maximum absolute atomic E-state index is 8.35. The fourth-order valence-electron chi connectivity index (χ4n) is 2.26. The summed E-state index contributed by atoms with van der Waals surface area (Å²) in [6.45, 7) is 4.39. The number of carbonyl (C=O) groups excluding carboxylic acids is 2. The topological polar surface area (TPSA) is 81.8 Å². The molecular formula is C16H14N2O2. The van der Waals surface area contributed by atoms with E-state index in [1.54, 1.807) is 0 Å². The van der Waals surface area contributed by atoms with Gasteiger partial charge in [-0.25, -0.2) is 20.4 Å². The lowest BCUT2D eigenvalue weighted by Gasteiger charge is -2.09. The Morgan fingerprint density at radius 1 is 0.800 bits per heavy atom. The molecule has 0 radical (unpaired) electrons. The van der Waals surface area contributed by atoms with Crippen LogP contribution in [-0.2, 0) is 9.59 Å². The van der Waals surface area contributed by atoms with E-state index in [-0.39, 0.29) is 0 Å². The Hall–Kier alpha value is -2.80. The van der Waals surface area contributed by atoms with E-state index in [1.165, 1.54) is 32.0 Å². The first-order valence-corrected chi connectivity index (χ1v) is 5.90. The zero-order valence-electron chi connectivity index (χ0n) is 11.3. The predicted molar refractivity (Wildman–Crippen MR) is 74.5 cm³/mol. The lowest BCUT2D eigenvalue weighted by Crippen LogP contribution is -1.95. The van der Waals surface area contributed by atoms with Crippen molar-refractivity contribution in [3.63, 3.8) is 0 Å². The third kappa shape index (κ3) is 2.78. The highest BCUT2D eigenvalue weighted by molar-refractivity contribution is 5.37. The minimum absolute atomic E-state index is 0.750. The molecule has 0 amide bonds. The van der Waals surface area contributed by atoms with Gasteiger partial charge in [-0.2, -0.15) is 0 Å². The summed E-state index contributed by atoms with van der Waals surface area (Å²) in [6.07, 6.45) is 1.50. The van der Waals surface area contributed by atoms with Crippen molar-refractivity contribution >= 4 is 12.2 Å². The van der Waals surface area contributed by atoms with Crippen LogP contribution in [0.5, 0.6) is 0 Å². The summed E-state index contributed by atoms with van der Waals surface area (Å²) in [5.41, 5.74) is 2.82. The van der Waals surface area contributed by atoms with Crippen molar-refractivity contribution in [3.8, 4) is 0 Å². The molecule has 2 aromatic rings. The molecule has 0 atom stereocenters. The third-order valence-electron chi connectivity index (χ3n) is 3.22. The summed E-state index contributed by atoms with van der Waals surface area (Å²) in [5, 5.41) is 16.5. The molecular weight excluding hydrogens is 252 g/mol. The van der Waals surface area contributed by atoms with Gasteiger partial charge in [0.25, 0.3) is 0 Å². The zero-order valence-corrected chi connectivity index (χ0v) is 11.3. The van der Waals surface area contributed by atoms with Crippen molar-refractivity contribution in [2.45, 2.75) is 13.8 Å². The van der Waals surface area contributed by atoms with Crippen molar-refractivity contribution in [3.05, 3.63) is 68.4 Å². The van der Waals surface area contributed by atoms with Crippen LogP contribution in [0.1, 0.15) is 11.1 Å². The number of benzene rings is 2. The number of nitrogens with one attached hydrogen (secondary N) is 2. The molecule has 0 fully saturated rings. The van der Waals surface area contributed by atoms with Crippen LogP contribution in [0.2, 0.25) is 0 Å². The number of hydrogen-bond acceptors (Lipinski definition) is 4. The van der Waals surface area contributed by atoms with Gasteiger partial charge in [0.1, 0.15) is 0 Å². The highest BCUT2D eigenvalue weighted by Crippen LogP contribution is 2.18. The van der Waals surface area contributed by atoms with E-state index in [0.717, 1.165) is 12.2 Å². The highest BCUT2D eigenvalue weighted by atomic mass is 16.1. The molecule has 0 aliphatic heterocycles. The minimum Gasteiger partial charge on any atom is -0.222 e. The van der Waals surface area contributed by atoms with Crippen LogP contribution in [0.3, 0.4) is 0 Å². The maximum atomic E-state index is 8.35.